The van der Waals surface area contributed by atoms with Crippen LogP contribution in [0.3, 0.4) is 0 Å². The van der Waals surface area contributed by atoms with Crippen LogP contribution in [0.1, 0.15) is 31.0 Å². The summed E-state index contributed by atoms with van der Waals surface area (Å²) in [4.78, 5) is 29.5. The van der Waals surface area contributed by atoms with Crippen LogP contribution in [0.25, 0.3) is 0 Å². The Kier molecular flexibility index (Phi) is 5.06. The number of thioether (sulfide) groups is 1. The fourth-order valence-electron chi connectivity index (χ4n) is 3.12. The minimum Gasteiger partial charge on any atom is -0.376 e. The van der Waals surface area contributed by atoms with Crippen LogP contribution in [0.5, 0.6) is 0 Å². The summed E-state index contributed by atoms with van der Waals surface area (Å²) in [7, 11) is 0. The third kappa shape index (κ3) is 3.45. The molecule has 0 saturated carbocycles. The van der Waals surface area contributed by atoms with Gasteiger partial charge < -0.3 is 10.1 Å². The molecular weight excluding hydrogens is 314 g/mol. The second-order valence-electron chi connectivity index (χ2n) is 6.12. The maximum absolute atomic E-state index is 12.6. The first kappa shape index (κ1) is 16.5. The van der Waals surface area contributed by atoms with Crippen molar-refractivity contribution in [1.82, 2.24) is 14.9 Å². The number of carbonyl (C=O) groups is 1. The van der Waals surface area contributed by atoms with Crippen molar-refractivity contribution in [2.45, 2.75) is 50.9 Å². The lowest BCUT2D eigenvalue weighted by molar-refractivity contribution is -0.125. The molecule has 1 fully saturated rings. The fraction of sp³-hybridized carbons (Fsp3) is 0.688. The van der Waals surface area contributed by atoms with E-state index in [9.17, 15) is 9.59 Å². The predicted octanol–water partition coefficient (Wildman–Crippen LogP) is 1.13. The number of carbonyl (C=O) groups excluding carboxylic acids is 1. The first-order chi connectivity index (χ1) is 11.1. The largest absolute Gasteiger partial charge is 0.376 e. The Balaban J connectivity index is 1.69. The molecule has 1 aromatic rings. The van der Waals surface area contributed by atoms with Crippen LogP contribution in [0.2, 0.25) is 0 Å². The van der Waals surface area contributed by atoms with Crippen molar-refractivity contribution in [3.05, 3.63) is 21.6 Å². The van der Waals surface area contributed by atoms with E-state index in [0.717, 1.165) is 35.9 Å². The van der Waals surface area contributed by atoms with Gasteiger partial charge in [0.25, 0.3) is 5.56 Å². The summed E-state index contributed by atoms with van der Waals surface area (Å²) in [6, 6.07) is 0. The second-order valence-corrected chi connectivity index (χ2v) is 7.10. The highest BCUT2D eigenvalue weighted by atomic mass is 32.2. The van der Waals surface area contributed by atoms with Gasteiger partial charge >= 0.3 is 0 Å². The summed E-state index contributed by atoms with van der Waals surface area (Å²) in [5.41, 5.74) is 1.55. The molecule has 0 aromatic carbocycles. The monoisotopic (exact) mass is 337 g/mol. The van der Waals surface area contributed by atoms with E-state index in [1.54, 1.807) is 4.57 Å². The number of rotatable bonds is 4. The molecule has 1 N–H and O–H groups in total. The van der Waals surface area contributed by atoms with Crippen molar-refractivity contribution in [1.29, 1.82) is 0 Å². The van der Waals surface area contributed by atoms with Crippen LogP contribution < -0.4 is 10.9 Å². The van der Waals surface area contributed by atoms with Gasteiger partial charge in [-0.1, -0.05) is 18.7 Å². The Hall–Kier alpha value is -1.34. The smallest absolute Gasteiger partial charge is 0.257 e. The Morgan fingerprint density at radius 2 is 2.35 bits per heavy atom. The van der Waals surface area contributed by atoms with Crippen molar-refractivity contribution in [3.63, 3.8) is 0 Å². The lowest BCUT2D eigenvalue weighted by atomic mass is 10.1. The highest BCUT2D eigenvalue weighted by molar-refractivity contribution is 7.99. The molecule has 2 aliphatic heterocycles. The Morgan fingerprint density at radius 1 is 1.52 bits per heavy atom. The van der Waals surface area contributed by atoms with E-state index in [2.05, 4.69) is 10.3 Å². The van der Waals surface area contributed by atoms with Crippen molar-refractivity contribution >= 4 is 17.7 Å². The van der Waals surface area contributed by atoms with Gasteiger partial charge in [-0.2, -0.15) is 0 Å². The van der Waals surface area contributed by atoms with E-state index in [1.807, 2.05) is 13.8 Å². The molecule has 23 heavy (non-hydrogen) atoms. The van der Waals surface area contributed by atoms with Gasteiger partial charge in [-0.3, -0.25) is 14.2 Å². The molecule has 2 aliphatic rings. The second kappa shape index (κ2) is 7.05. The fourth-order valence-corrected chi connectivity index (χ4v) is 4.25. The summed E-state index contributed by atoms with van der Waals surface area (Å²) < 4.78 is 7.19. The molecule has 1 amide bonds. The summed E-state index contributed by atoms with van der Waals surface area (Å²) in [6.45, 7) is 5.60. The van der Waals surface area contributed by atoms with Gasteiger partial charge in [0.05, 0.1) is 12.0 Å². The number of ether oxygens (including phenoxy) is 1. The van der Waals surface area contributed by atoms with Crippen molar-refractivity contribution in [3.8, 4) is 0 Å². The van der Waals surface area contributed by atoms with Crippen molar-refractivity contribution in [2.75, 3.05) is 18.9 Å². The molecule has 1 saturated heterocycles. The molecular formula is C16H23N3O3S. The quantitative estimate of drug-likeness (QED) is 0.834. The highest BCUT2D eigenvalue weighted by Gasteiger charge is 2.28. The standard InChI is InChI=1S/C16H23N3O3S/c1-3-13-10(2)18-16-19(15(13)21)8-11(9-23-16)14(20)17-7-12-5-4-6-22-12/h11-12H,3-9H2,1-2H3,(H,17,20)/t11-,12+/m0/s1. The summed E-state index contributed by atoms with van der Waals surface area (Å²) in [5, 5.41) is 3.70. The number of fused-ring (bicyclic) bond motifs is 1. The van der Waals surface area contributed by atoms with Crippen LogP contribution in [0.15, 0.2) is 9.95 Å². The van der Waals surface area contributed by atoms with Crippen LogP contribution in [0, 0.1) is 12.8 Å². The Morgan fingerprint density at radius 3 is 3.04 bits per heavy atom. The lowest BCUT2D eigenvalue weighted by Crippen LogP contribution is -2.42. The number of hydrogen-bond donors (Lipinski definition) is 1. The van der Waals surface area contributed by atoms with Crippen molar-refractivity contribution < 1.29 is 9.53 Å². The predicted molar refractivity (Wildman–Crippen MR) is 88.8 cm³/mol. The third-order valence-corrected chi connectivity index (χ3v) is 5.64. The number of amides is 1. The van der Waals surface area contributed by atoms with Gasteiger partial charge in [-0.15, -0.1) is 0 Å². The van der Waals surface area contributed by atoms with Gasteiger partial charge in [-0.25, -0.2) is 4.98 Å². The summed E-state index contributed by atoms with van der Waals surface area (Å²) in [5.74, 6) is 0.472. The van der Waals surface area contributed by atoms with Gasteiger partial charge in [0.1, 0.15) is 0 Å². The molecule has 6 nitrogen and oxygen atoms in total. The minimum absolute atomic E-state index is 0.000809. The zero-order chi connectivity index (χ0) is 16.4. The normalized spacial score (nSPS) is 23.6. The number of aromatic nitrogens is 2. The molecule has 0 aliphatic carbocycles. The van der Waals surface area contributed by atoms with Crippen LogP contribution in [-0.4, -0.2) is 40.5 Å². The minimum atomic E-state index is -0.194. The summed E-state index contributed by atoms with van der Waals surface area (Å²) in [6.07, 6.45) is 2.87. The first-order valence-corrected chi connectivity index (χ1v) is 9.21. The van der Waals surface area contributed by atoms with Crippen LogP contribution in [0.4, 0.5) is 0 Å². The lowest BCUT2D eigenvalue weighted by Gasteiger charge is -2.25. The molecule has 1 aromatic heterocycles. The highest BCUT2D eigenvalue weighted by Crippen LogP contribution is 2.26. The molecule has 0 spiro atoms. The van der Waals surface area contributed by atoms with Crippen molar-refractivity contribution in [2.24, 2.45) is 5.92 Å². The average molecular weight is 337 g/mol. The number of nitrogens with zero attached hydrogens (tertiary/aromatic N) is 2. The van der Waals surface area contributed by atoms with E-state index < -0.39 is 0 Å². The van der Waals surface area contributed by atoms with Gasteiger partial charge in [0.15, 0.2) is 5.16 Å². The molecule has 7 heteroatoms. The number of aryl methyl sites for hydroxylation is 1. The molecule has 0 unspecified atom stereocenters. The van der Waals surface area contributed by atoms with E-state index in [4.69, 9.17) is 4.74 Å². The zero-order valence-corrected chi connectivity index (χ0v) is 14.4. The molecule has 126 valence electrons. The average Bonchev–Trinajstić information content (AvgIpc) is 3.06. The van der Waals surface area contributed by atoms with E-state index in [0.29, 0.717) is 25.3 Å². The van der Waals surface area contributed by atoms with Gasteiger partial charge in [0.2, 0.25) is 5.91 Å². The zero-order valence-electron chi connectivity index (χ0n) is 13.6. The maximum Gasteiger partial charge on any atom is 0.257 e. The van der Waals surface area contributed by atoms with E-state index in [1.165, 1.54) is 11.8 Å². The third-order valence-electron chi connectivity index (χ3n) is 4.50. The SMILES string of the molecule is CCc1c(C)nc2n(c1=O)C[C@H](C(=O)NC[C@H]1CCCO1)CS2. The first-order valence-electron chi connectivity index (χ1n) is 8.22. The van der Waals surface area contributed by atoms with E-state index in [-0.39, 0.29) is 23.5 Å². The molecule has 3 heterocycles. The number of hydrogen-bond acceptors (Lipinski definition) is 5. The molecule has 2 atom stereocenters. The molecule has 0 radical (unpaired) electrons. The van der Waals surface area contributed by atoms with Crippen LogP contribution >= 0.6 is 11.8 Å². The maximum atomic E-state index is 12.6. The van der Waals surface area contributed by atoms with Gasteiger partial charge in [0, 0.05) is 36.7 Å². The van der Waals surface area contributed by atoms with Crippen LogP contribution in [-0.2, 0) is 22.5 Å². The molecule has 0 bridgehead atoms. The summed E-state index contributed by atoms with van der Waals surface area (Å²) >= 11 is 1.49. The Labute approximate surface area is 140 Å². The van der Waals surface area contributed by atoms with E-state index >= 15 is 0 Å². The Bertz CT molecular complexity index is 653. The molecule has 3 rings (SSSR count). The topological polar surface area (TPSA) is 73.2 Å². The van der Waals surface area contributed by atoms with Gasteiger partial charge in [-0.05, 0) is 26.2 Å². The number of nitrogens with one attached hydrogen (secondary N) is 1.